The predicted molar refractivity (Wildman–Crippen MR) is 125 cm³/mol. The maximum absolute atomic E-state index is 13.3. The van der Waals surface area contributed by atoms with Gasteiger partial charge in [-0.2, -0.15) is 0 Å². The van der Waals surface area contributed by atoms with Crippen molar-refractivity contribution in [3.63, 3.8) is 0 Å². The summed E-state index contributed by atoms with van der Waals surface area (Å²) >= 11 is 2.97. The van der Waals surface area contributed by atoms with Gasteiger partial charge >= 0.3 is 0 Å². The predicted octanol–water partition coefficient (Wildman–Crippen LogP) is 5.03. The molecule has 0 saturated heterocycles. The minimum absolute atomic E-state index is 0.0105. The van der Waals surface area contributed by atoms with Crippen molar-refractivity contribution in [1.29, 1.82) is 0 Å². The summed E-state index contributed by atoms with van der Waals surface area (Å²) in [6.45, 7) is 0.432. The van der Waals surface area contributed by atoms with E-state index < -0.39 is 0 Å². The summed E-state index contributed by atoms with van der Waals surface area (Å²) in [6, 6.07) is 17.2. The Hall–Kier alpha value is -3.10. The molecule has 31 heavy (non-hydrogen) atoms. The van der Waals surface area contributed by atoms with Crippen LogP contribution < -0.4 is 14.4 Å². The first-order valence-electron chi connectivity index (χ1n) is 9.57. The fourth-order valence-corrected chi connectivity index (χ4v) is 4.75. The van der Waals surface area contributed by atoms with Crippen molar-refractivity contribution in [3.05, 3.63) is 72.6 Å². The van der Waals surface area contributed by atoms with E-state index in [-0.39, 0.29) is 5.91 Å². The third-order valence-corrected chi connectivity index (χ3v) is 6.67. The lowest BCUT2D eigenvalue weighted by atomic mass is 10.2. The minimum Gasteiger partial charge on any atom is -0.497 e. The standard InChI is InChI=1S/C23H21N3O3S2/c1-28-17-3-6-19(7-4-17)30-15-22(27)26(14-16-9-11-24-12-10-16)23-25-20-8-5-18(29-2)13-21(20)31-23/h3-13H,14-15H2,1-2H3. The number of aromatic nitrogens is 2. The normalized spacial score (nSPS) is 10.8. The number of thiazole rings is 1. The van der Waals surface area contributed by atoms with Gasteiger partial charge in [-0.25, -0.2) is 4.98 Å². The fraction of sp³-hybridized carbons (Fsp3) is 0.174. The molecule has 0 fully saturated rings. The summed E-state index contributed by atoms with van der Waals surface area (Å²) < 4.78 is 11.5. The van der Waals surface area contributed by atoms with Crippen LogP contribution in [0.1, 0.15) is 5.56 Å². The number of amides is 1. The van der Waals surface area contributed by atoms with Crippen molar-refractivity contribution in [2.75, 3.05) is 24.9 Å². The molecule has 0 aliphatic carbocycles. The Balaban J connectivity index is 1.58. The van der Waals surface area contributed by atoms with Crippen molar-refractivity contribution in [1.82, 2.24) is 9.97 Å². The highest BCUT2D eigenvalue weighted by atomic mass is 32.2. The van der Waals surface area contributed by atoms with Gasteiger partial charge in [0.15, 0.2) is 5.13 Å². The third-order valence-electron chi connectivity index (χ3n) is 4.63. The van der Waals surface area contributed by atoms with E-state index in [1.165, 1.54) is 23.1 Å². The van der Waals surface area contributed by atoms with Gasteiger partial charge in [0.25, 0.3) is 0 Å². The summed E-state index contributed by atoms with van der Waals surface area (Å²) in [5, 5.41) is 0.667. The molecule has 0 radical (unpaired) electrons. The maximum Gasteiger partial charge on any atom is 0.239 e. The number of carbonyl (C=O) groups excluding carboxylic acids is 1. The number of fused-ring (bicyclic) bond motifs is 1. The number of methoxy groups -OCH3 is 2. The molecule has 0 aliphatic heterocycles. The fourth-order valence-electron chi connectivity index (χ4n) is 2.96. The Kier molecular flexibility index (Phi) is 6.69. The lowest BCUT2D eigenvalue weighted by Crippen LogP contribution is -2.31. The number of benzene rings is 2. The van der Waals surface area contributed by atoms with E-state index in [4.69, 9.17) is 14.5 Å². The monoisotopic (exact) mass is 451 g/mol. The molecule has 0 unspecified atom stereocenters. The van der Waals surface area contributed by atoms with Crippen LogP contribution in [0, 0.1) is 0 Å². The average molecular weight is 452 g/mol. The second kappa shape index (κ2) is 9.80. The summed E-state index contributed by atoms with van der Waals surface area (Å²) in [7, 11) is 3.27. The highest BCUT2D eigenvalue weighted by Gasteiger charge is 2.21. The zero-order valence-electron chi connectivity index (χ0n) is 17.1. The molecule has 2 aromatic carbocycles. The molecule has 0 spiro atoms. The highest BCUT2D eigenvalue weighted by molar-refractivity contribution is 8.00. The molecule has 0 bridgehead atoms. The van der Waals surface area contributed by atoms with Crippen LogP contribution in [-0.2, 0) is 11.3 Å². The van der Waals surface area contributed by atoms with E-state index in [0.29, 0.717) is 17.4 Å². The van der Waals surface area contributed by atoms with Crippen molar-refractivity contribution < 1.29 is 14.3 Å². The second-order valence-electron chi connectivity index (χ2n) is 6.63. The average Bonchev–Trinajstić information content (AvgIpc) is 3.25. The first-order chi connectivity index (χ1) is 15.2. The van der Waals surface area contributed by atoms with Gasteiger partial charge in [-0.15, -0.1) is 11.8 Å². The molecule has 6 nitrogen and oxygen atoms in total. The second-order valence-corrected chi connectivity index (χ2v) is 8.69. The number of hydrogen-bond acceptors (Lipinski definition) is 7. The summed E-state index contributed by atoms with van der Waals surface area (Å²) in [4.78, 5) is 24.8. The van der Waals surface area contributed by atoms with E-state index in [0.717, 1.165) is 32.2 Å². The summed E-state index contributed by atoms with van der Waals surface area (Å²) in [5.74, 6) is 1.85. The Bertz CT molecular complexity index is 1160. The number of rotatable bonds is 8. The van der Waals surface area contributed by atoms with E-state index >= 15 is 0 Å². The van der Waals surface area contributed by atoms with E-state index in [9.17, 15) is 4.79 Å². The molecule has 0 atom stereocenters. The van der Waals surface area contributed by atoms with Crippen LogP contribution in [0.3, 0.4) is 0 Å². The van der Waals surface area contributed by atoms with Gasteiger partial charge in [-0.1, -0.05) is 11.3 Å². The van der Waals surface area contributed by atoms with Gasteiger partial charge in [-0.3, -0.25) is 14.7 Å². The van der Waals surface area contributed by atoms with Crippen LogP contribution >= 0.6 is 23.1 Å². The highest BCUT2D eigenvalue weighted by Crippen LogP contribution is 2.33. The first kappa shape index (κ1) is 21.1. The molecule has 8 heteroatoms. The zero-order chi connectivity index (χ0) is 21.6. The van der Waals surface area contributed by atoms with Crippen LogP contribution in [0.5, 0.6) is 11.5 Å². The van der Waals surface area contributed by atoms with Gasteiger partial charge in [0.1, 0.15) is 11.5 Å². The van der Waals surface area contributed by atoms with Crippen LogP contribution in [0.15, 0.2) is 71.9 Å². The van der Waals surface area contributed by atoms with E-state index in [2.05, 4.69) is 4.98 Å². The summed E-state index contributed by atoms with van der Waals surface area (Å²) in [6.07, 6.45) is 3.46. The maximum atomic E-state index is 13.3. The molecule has 4 aromatic rings. The van der Waals surface area contributed by atoms with Crippen LogP contribution in [0.2, 0.25) is 0 Å². The number of nitrogens with zero attached hydrogens (tertiary/aromatic N) is 3. The van der Waals surface area contributed by atoms with Crippen LogP contribution in [-0.4, -0.2) is 35.8 Å². The van der Waals surface area contributed by atoms with Gasteiger partial charge in [0.2, 0.25) is 5.91 Å². The molecule has 0 aliphatic rings. The number of hydrogen-bond donors (Lipinski definition) is 0. The van der Waals surface area contributed by atoms with Gasteiger partial charge in [0, 0.05) is 17.3 Å². The molecule has 0 N–H and O–H groups in total. The molecular formula is C23H21N3O3S2. The summed E-state index contributed by atoms with van der Waals surface area (Å²) in [5.41, 5.74) is 1.84. The Morgan fingerprint density at radius 2 is 1.71 bits per heavy atom. The van der Waals surface area contributed by atoms with Crippen LogP contribution in [0.25, 0.3) is 10.2 Å². The molecule has 2 aromatic heterocycles. The number of carbonyl (C=O) groups is 1. The lowest BCUT2D eigenvalue weighted by Gasteiger charge is -2.20. The minimum atomic E-state index is -0.0105. The lowest BCUT2D eigenvalue weighted by molar-refractivity contribution is -0.116. The van der Waals surface area contributed by atoms with E-state index in [1.807, 2.05) is 54.6 Å². The molecule has 2 heterocycles. The van der Waals surface area contributed by atoms with Crippen molar-refractivity contribution in [2.45, 2.75) is 11.4 Å². The largest absolute Gasteiger partial charge is 0.497 e. The Labute approximate surface area is 188 Å². The smallest absolute Gasteiger partial charge is 0.239 e. The first-order valence-corrected chi connectivity index (χ1v) is 11.4. The molecule has 1 amide bonds. The van der Waals surface area contributed by atoms with Gasteiger partial charge in [-0.05, 0) is 60.2 Å². The van der Waals surface area contributed by atoms with E-state index in [1.54, 1.807) is 31.5 Å². The SMILES string of the molecule is COc1ccc(SCC(=O)N(Cc2ccncc2)c2nc3ccc(OC)cc3s2)cc1. The Morgan fingerprint density at radius 3 is 2.42 bits per heavy atom. The number of thioether (sulfide) groups is 1. The molecule has 158 valence electrons. The number of anilines is 1. The van der Waals surface area contributed by atoms with Gasteiger partial charge < -0.3 is 9.47 Å². The van der Waals surface area contributed by atoms with Gasteiger partial charge in [0.05, 0.1) is 36.7 Å². The van der Waals surface area contributed by atoms with Crippen molar-refractivity contribution in [3.8, 4) is 11.5 Å². The third kappa shape index (κ3) is 5.15. The van der Waals surface area contributed by atoms with Crippen molar-refractivity contribution >= 4 is 44.4 Å². The van der Waals surface area contributed by atoms with Crippen molar-refractivity contribution in [2.24, 2.45) is 0 Å². The Morgan fingerprint density at radius 1 is 1.00 bits per heavy atom. The number of ether oxygens (including phenoxy) is 2. The molecular weight excluding hydrogens is 430 g/mol. The molecule has 0 saturated carbocycles. The number of pyridine rings is 1. The topological polar surface area (TPSA) is 64.5 Å². The zero-order valence-corrected chi connectivity index (χ0v) is 18.8. The quantitative estimate of drug-likeness (QED) is 0.350. The molecule has 4 rings (SSSR count). The van der Waals surface area contributed by atoms with Crippen LogP contribution in [0.4, 0.5) is 5.13 Å².